The summed E-state index contributed by atoms with van der Waals surface area (Å²) in [6, 6.07) is 1.55. The molecule has 3 fully saturated rings. The van der Waals surface area contributed by atoms with Crippen LogP contribution in [-0.4, -0.2) is 56.1 Å². The molecule has 0 radical (unpaired) electrons. The Morgan fingerprint density at radius 1 is 1.12 bits per heavy atom. The summed E-state index contributed by atoms with van der Waals surface area (Å²) in [7, 11) is 0. The highest BCUT2D eigenvalue weighted by atomic mass is 16.7. The molecule has 3 aliphatic rings. The minimum Gasteiger partial charge on any atom is -0.355 e. The highest BCUT2D eigenvalue weighted by molar-refractivity contribution is 4.89. The first-order chi connectivity index (χ1) is 8.42. The van der Waals surface area contributed by atoms with Crippen LogP contribution in [0.1, 0.15) is 32.1 Å². The number of nitrogens with zero attached hydrogens (tertiary/aromatic N) is 1. The second-order valence-corrected chi connectivity index (χ2v) is 5.58. The second-order valence-electron chi connectivity index (χ2n) is 5.58. The molecular weight excluding hydrogens is 216 g/mol. The van der Waals surface area contributed by atoms with Crippen LogP contribution in [0.2, 0.25) is 0 Å². The zero-order valence-corrected chi connectivity index (χ0v) is 10.6. The number of hydrogen-bond acceptors (Lipinski definition) is 4. The van der Waals surface area contributed by atoms with Gasteiger partial charge in [-0.1, -0.05) is 0 Å². The zero-order valence-electron chi connectivity index (χ0n) is 10.6. The third-order valence-electron chi connectivity index (χ3n) is 4.09. The molecule has 3 rings (SSSR count). The van der Waals surface area contributed by atoms with E-state index >= 15 is 0 Å². The van der Waals surface area contributed by atoms with Crippen LogP contribution in [-0.2, 0) is 9.47 Å². The van der Waals surface area contributed by atoms with Gasteiger partial charge in [-0.05, 0) is 38.6 Å². The fraction of sp³-hybridized carbons (Fsp3) is 1.00. The van der Waals surface area contributed by atoms with E-state index in [9.17, 15) is 0 Å². The van der Waals surface area contributed by atoms with E-state index < -0.39 is 0 Å². The molecule has 4 heteroatoms. The first-order valence-electron chi connectivity index (χ1n) is 7.08. The number of ether oxygens (including phenoxy) is 2. The minimum atomic E-state index is 0.394. The number of rotatable bonds is 5. The van der Waals surface area contributed by atoms with Gasteiger partial charge in [-0.3, -0.25) is 4.90 Å². The first-order valence-corrected chi connectivity index (χ1v) is 7.08. The summed E-state index contributed by atoms with van der Waals surface area (Å²) >= 11 is 0. The maximum atomic E-state index is 5.67. The Morgan fingerprint density at radius 2 is 2.06 bits per heavy atom. The maximum Gasteiger partial charge on any atom is 0.147 e. The molecule has 0 spiro atoms. The van der Waals surface area contributed by atoms with Gasteiger partial charge in [0.15, 0.2) is 0 Å². The van der Waals surface area contributed by atoms with Gasteiger partial charge in [0.2, 0.25) is 0 Å². The highest BCUT2D eigenvalue weighted by Crippen LogP contribution is 2.28. The van der Waals surface area contributed by atoms with Crippen LogP contribution in [0.3, 0.4) is 0 Å². The van der Waals surface area contributed by atoms with Crippen LogP contribution >= 0.6 is 0 Å². The molecule has 0 amide bonds. The third kappa shape index (κ3) is 3.41. The molecule has 98 valence electrons. The smallest absolute Gasteiger partial charge is 0.147 e. The van der Waals surface area contributed by atoms with E-state index in [0.717, 1.165) is 31.7 Å². The van der Waals surface area contributed by atoms with Crippen molar-refractivity contribution >= 4 is 0 Å². The van der Waals surface area contributed by atoms with E-state index in [1.165, 1.54) is 38.8 Å². The zero-order chi connectivity index (χ0) is 11.5. The molecule has 0 aromatic rings. The third-order valence-corrected chi connectivity index (χ3v) is 4.09. The average molecular weight is 240 g/mol. The summed E-state index contributed by atoms with van der Waals surface area (Å²) in [5.74, 6) is 0. The van der Waals surface area contributed by atoms with Crippen molar-refractivity contribution < 1.29 is 9.47 Å². The van der Waals surface area contributed by atoms with Crippen molar-refractivity contribution in [1.29, 1.82) is 0 Å². The van der Waals surface area contributed by atoms with Gasteiger partial charge in [0.05, 0.1) is 12.7 Å². The molecule has 17 heavy (non-hydrogen) atoms. The largest absolute Gasteiger partial charge is 0.355 e. The Balaban J connectivity index is 1.48. The van der Waals surface area contributed by atoms with Crippen LogP contribution in [0.4, 0.5) is 0 Å². The fourth-order valence-electron chi connectivity index (χ4n) is 2.91. The Kier molecular flexibility index (Phi) is 3.96. The van der Waals surface area contributed by atoms with Crippen molar-refractivity contribution in [1.82, 2.24) is 10.2 Å². The van der Waals surface area contributed by atoms with E-state index in [-0.39, 0.29) is 0 Å². The minimum absolute atomic E-state index is 0.394. The van der Waals surface area contributed by atoms with Gasteiger partial charge in [0.1, 0.15) is 6.79 Å². The Labute approximate surface area is 104 Å². The summed E-state index contributed by atoms with van der Waals surface area (Å²) in [4.78, 5) is 2.65. The van der Waals surface area contributed by atoms with Crippen molar-refractivity contribution in [3.8, 4) is 0 Å². The predicted octanol–water partition coefficient (Wildman–Crippen LogP) is 0.966. The van der Waals surface area contributed by atoms with Crippen molar-refractivity contribution in [3.63, 3.8) is 0 Å². The molecule has 1 aliphatic carbocycles. The summed E-state index contributed by atoms with van der Waals surface area (Å²) in [6.07, 6.45) is 6.91. The standard InChI is InChI=1S/C13H24N2O2/c1-2-11(14-6-1)8-15(12-3-4-12)9-13-5-7-16-10-17-13/h11-14H,1-10H2. The van der Waals surface area contributed by atoms with E-state index in [1.807, 2.05) is 0 Å². The predicted molar refractivity (Wildman–Crippen MR) is 65.9 cm³/mol. The first kappa shape index (κ1) is 11.9. The highest BCUT2D eigenvalue weighted by Gasteiger charge is 2.33. The monoisotopic (exact) mass is 240 g/mol. The van der Waals surface area contributed by atoms with E-state index in [4.69, 9.17) is 9.47 Å². The summed E-state index contributed by atoms with van der Waals surface area (Å²) in [5.41, 5.74) is 0. The van der Waals surface area contributed by atoms with Gasteiger partial charge >= 0.3 is 0 Å². The normalized spacial score (nSPS) is 34.4. The molecule has 2 heterocycles. The molecule has 2 unspecified atom stereocenters. The van der Waals surface area contributed by atoms with Gasteiger partial charge in [0.25, 0.3) is 0 Å². The fourth-order valence-corrected chi connectivity index (χ4v) is 2.91. The lowest BCUT2D eigenvalue weighted by atomic mass is 10.2. The molecule has 2 saturated heterocycles. The summed E-state index contributed by atoms with van der Waals surface area (Å²) in [5, 5.41) is 3.60. The summed E-state index contributed by atoms with van der Waals surface area (Å²) < 4.78 is 10.9. The molecule has 0 bridgehead atoms. The van der Waals surface area contributed by atoms with Crippen LogP contribution < -0.4 is 5.32 Å². The number of nitrogens with one attached hydrogen (secondary N) is 1. The Morgan fingerprint density at radius 3 is 2.71 bits per heavy atom. The van der Waals surface area contributed by atoms with Crippen molar-refractivity contribution in [2.45, 2.75) is 50.3 Å². The lowest BCUT2D eigenvalue weighted by Crippen LogP contribution is -2.44. The van der Waals surface area contributed by atoms with Gasteiger partial charge in [-0.25, -0.2) is 0 Å². The van der Waals surface area contributed by atoms with Crippen LogP contribution in [0.15, 0.2) is 0 Å². The second kappa shape index (κ2) is 5.65. The Hall–Kier alpha value is -0.160. The lowest BCUT2D eigenvalue weighted by molar-refractivity contribution is -0.145. The SMILES string of the molecule is C1CNC(CN(CC2CCOCO2)C2CC2)C1. The van der Waals surface area contributed by atoms with Crippen LogP contribution in [0.25, 0.3) is 0 Å². The van der Waals surface area contributed by atoms with Gasteiger partial charge in [0, 0.05) is 25.2 Å². The van der Waals surface area contributed by atoms with Crippen LogP contribution in [0.5, 0.6) is 0 Å². The maximum absolute atomic E-state index is 5.67. The number of hydrogen-bond donors (Lipinski definition) is 1. The van der Waals surface area contributed by atoms with E-state index in [2.05, 4.69) is 10.2 Å². The Bertz CT molecular complexity index is 234. The van der Waals surface area contributed by atoms with Gasteiger partial charge in [-0.15, -0.1) is 0 Å². The van der Waals surface area contributed by atoms with Crippen LogP contribution in [0, 0.1) is 0 Å². The molecule has 1 saturated carbocycles. The molecule has 4 nitrogen and oxygen atoms in total. The van der Waals surface area contributed by atoms with E-state index in [1.54, 1.807) is 0 Å². The molecule has 0 aromatic heterocycles. The molecular formula is C13H24N2O2. The van der Waals surface area contributed by atoms with Gasteiger partial charge < -0.3 is 14.8 Å². The molecule has 2 aliphatic heterocycles. The van der Waals surface area contributed by atoms with Gasteiger partial charge in [-0.2, -0.15) is 0 Å². The van der Waals surface area contributed by atoms with E-state index in [0.29, 0.717) is 12.9 Å². The quantitative estimate of drug-likeness (QED) is 0.776. The lowest BCUT2D eigenvalue weighted by Gasteiger charge is -2.31. The summed E-state index contributed by atoms with van der Waals surface area (Å²) in [6.45, 7) is 4.88. The molecule has 0 aromatic carbocycles. The van der Waals surface area contributed by atoms with Crippen molar-refractivity contribution in [2.75, 3.05) is 33.0 Å². The molecule has 1 N–H and O–H groups in total. The average Bonchev–Trinajstić information content (AvgIpc) is 3.09. The van der Waals surface area contributed by atoms with Crippen molar-refractivity contribution in [3.05, 3.63) is 0 Å². The van der Waals surface area contributed by atoms with Crippen molar-refractivity contribution in [2.24, 2.45) is 0 Å². The topological polar surface area (TPSA) is 33.7 Å². The molecule has 2 atom stereocenters.